The number of carbonyl (C=O) groups excluding carboxylic acids is 13. The number of nitrogens with two attached hydrogens (primary N) is 1. The summed E-state index contributed by atoms with van der Waals surface area (Å²) in [6.07, 6.45) is -9.47. The van der Waals surface area contributed by atoms with Crippen LogP contribution >= 0.6 is 0 Å². The number of benzene rings is 3. The Morgan fingerprint density at radius 3 is 1.75 bits per heavy atom. The maximum atomic E-state index is 15.3. The number of phenolic OH excluding ortho intramolecular Hbond substituents is 1. The minimum absolute atomic E-state index is 0.00336. The molecule has 0 radical (unpaired) electrons. The molecule has 0 aliphatic carbocycles. The Balaban J connectivity index is 1.38. The fourth-order valence-corrected chi connectivity index (χ4v) is 11.5. The molecular formula is C67H79FN14O26. The fraction of sp³-hybridized carbons (Fsp3) is 0.418. The maximum Gasteiger partial charge on any atom is 0.329 e. The van der Waals surface area contributed by atoms with E-state index in [-0.39, 0.29) is 27.6 Å². The highest BCUT2D eigenvalue weighted by atomic mass is 19.1. The molecule has 0 bridgehead atoms. The Morgan fingerprint density at radius 2 is 1.16 bits per heavy atom. The highest BCUT2D eigenvalue weighted by Crippen LogP contribution is 2.28. The third-order valence-corrected chi connectivity index (χ3v) is 17.2. The lowest BCUT2D eigenvalue weighted by Crippen LogP contribution is -2.63. The Labute approximate surface area is 609 Å². The van der Waals surface area contributed by atoms with Crippen LogP contribution in [0.3, 0.4) is 0 Å². The van der Waals surface area contributed by atoms with Crippen LogP contribution in [0.25, 0.3) is 21.8 Å². The summed E-state index contributed by atoms with van der Waals surface area (Å²) >= 11 is 0. The van der Waals surface area contributed by atoms with Gasteiger partial charge in [0.25, 0.3) is 5.91 Å². The number of nitrogens with one attached hydrogen (secondary N) is 13. The first-order valence-electron chi connectivity index (χ1n) is 33.3. The summed E-state index contributed by atoms with van der Waals surface area (Å²) in [6.45, 7) is 1.34. The van der Waals surface area contributed by atoms with E-state index in [1.165, 1.54) is 18.5 Å². The topological polar surface area (TPSA) is 643 Å². The number of carboxylic acid groups (broad SMARTS) is 4. The van der Waals surface area contributed by atoms with Crippen molar-refractivity contribution < 1.29 is 131 Å². The van der Waals surface area contributed by atoms with Crippen LogP contribution in [-0.2, 0) is 104 Å². The van der Waals surface area contributed by atoms with Crippen LogP contribution in [0.5, 0.6) is 5.75 Å². The Bertz CT molecular complexity index is 4280. The first kappa shape index (κ1) is 82.6. The number of fused-ring (bicyclic) bond motifs is 2. The number of epoxide rings is 1. The number of aromatic amines is 2. The molecule has 2 fully saturated rings. The second kappa shape index (κ2) is 37.4. The number of esters is 1. The van der Waals surface area contributed by atoms with E-state index in [1.54, 1.807) is 31.2 Å². The second-order valence-electron chi connectivity index (χ2n) is 25.3. The van der Waals surface area contributed by atoms with Crippen LogP contribution in [0, 0.1) is 11.7 Å². The molecule has 5 aromatic rings. The average Bonchev–Trinajstić information content (AvgIpc) is 1.61. The molecule has 41 heteroatoms. The van der Waals surface area contributed by atoms with E-state index in [2.05, 4.69) is 47.2 Å². The number of halogens is 1. The van der Waals surface area contributed by atoms with Crippen LogP contribution in [0.1, 0.15) is 82.0 Å². The molecule has 15 atom stereocenters. The van der Waals surface area contributed by atoms with E-state index in [4.69, 9.17) is 15.2 Å². The quantitative estimate of drug-likeness (QED) is 0.0214. The third-order valence-electron chi connectivity index (χ3n) is 17.2. The lowest BCUT2D eigenvalue weighted by atomic mass is 9.95. The van der Waals surface area contributed by atoms with Crippen molar-refractivity contribution in [2.45, 2.75) is 157 Å². The zero-order chi connectivity index (χ0) is 79.5. The van der Waals surface area contributed by atoms with Gasteiger partial charge >= 0.3 is 29.8 Å². The van der Waals surface area contributed by atoms with Gasteiger partial charge in [-0.25, -0.2) is 9.18 Å². The minimum Gasteiger partial charge on any atom is -0.508 e. The summed E-state index contributed by atoms with van der Waals surface area (Å²) in [4.78, 5) is 241. The third kappa shape index (κ3) is 22.7. The van der Waals surface area contributed by atoms with Gasteiger partial charge in [-0.1, -0.05) is 50.6 Å². The smallest absolute Gasteiger partial charge is 0.329 e. The van der Waals surface area contributed by atoms with Crippen LogP contribution in [0.15, 0.2) is 79.1 Å². The second-order valence-corrected chi connectivity index (χ2v) is 25.3. The molecule has 0 spiro atoms. The van der Waals surface area contributed by atoms with Crippen LogP contribution in [0.4, 0.5) is 4.39 Å². The molecule has 40 nitrogen and oxygen atoms in total. The first-order valence-corrected chi connectivity index (χ1v) is 33.3. The number of primary amides is 1. The summed E-state index contributed by atoms with van der Waals surface area (Å²) in [6, 6.07) is -8.91. The van der Waals surface area contributed by atoms with Gasteiger partial charge in [-0.15, -0.1) is 0 Å². The summed E-state index contributed by atoms with van der Waals surface area (Å²) in [7, 11) is 0. The van der Waals surface area contributed by atoms with Crippen molar-refractivity contribution in [2.75, 3.05) is 13.2 Å². The largest absolute Gasteiger partial charge is 0.508 e. The number of ether oxygens (including phenoxy) is 2. The number of aliphatic hydroxyl groups excluding tert-OH is 2. The number of carboxylic acids is 4. The van der Waals surface area contributed by atoms with Crippen LogP contribution in [-0.4, -0.2) is 238 Å². The number of cyclic esters (lactones) is 1. The summed E-state index contributed by atoms with van der Waals surface area (Å²) in [5.74, 6) is -29.6. The van der Waals surface area contributed by atoms with Crippen molar-refractivity contribution in [2.24, 2.45) is 11.7 Å². The number of aromatic hydroxyl groups is 1. The average molecular weight is 1520 g/mol. The van der Waals surface area contributed by atoms with Gasteiger partial charge in [-0.05, 0) is 72.4 Å². The van der Waals surface area contributed by atoms with Crippen molar-refractivity contribution >= 4 is 123 Å². The molecule has 0 saturated carbocycles. The molecule has 12 amide bonds. The molecule has 2 saturated heterocycles. The van der Waals surface area contributed by atoms with Crippen molar-refractivity contribution in [1.82, 2.24) is 68.5 Å². The van der Waals surface area contributed by atoms with E-state index in [1.807, 2.05) is 21.3 Å². The van der Waals surface area contributed by atoms with E-state index in [9.17, 15) is 103 Å². The number of aliphatic carboxylic acids is 4. The molecule has 2 aliphatic heterocycles. The normalized spacial score (nSPS) is 24.3. The number of para-hydroxylation sites is 1. The predicted octanol–water partition coefficient (Wildman–Crippen LogP) is -5.50. The number of aromatic nitrogens is 2. The first-order chi connectivity index (χ1) is 51.0. The number of aliphatic hydroxyl groups is 2. The molecule has 2 aliphatic rings. The molecule has 4 heterocycles. The SMILES string of the molecule is CCC[C@H]1O[C@@H]1C(=O)N[C@@H](CO)C(=O)N[C@@H]1C(=O)N[C@H](Cc2c[nH]c3ccc(F)cc23)C(=O)N[C@@H](CC(=O)O)C(=O)N[C@@H](CC(=O)O)C(=O)N[C@H](c2ccc(O)cc2)C(=O)N[C@@H](CC(=O)O)C(=O)NCC(=O)N[C@@H]([C@H](O)C(N)=O)C(=O)N[C@@H]([C@H](C)CC(=O)O)C(=O)N[C@@H](Cc2c[nH]c3ccccc23)C(=O)O[C@@H]1C. The van der Waals surface area contributed by atoms with E-state index >= 15 is 18.8 Å². The minimum atomic E-state index is -2.74. The number of phenols is 1. The van der Waals surface area contributed by atoms with Crippen molar-refractivity contribution in [3.63, 3.8) is 0 Å². The van der Waals surface area contributed by atoms with Crippen molar-refractivity contribution in [1.29, 1.82) is 0 Å². The lowest BCUT2D eigenvalue weighted by molar-refractivity contribution is -0.156. The highest BCUT2D eigenvalue weighted by Gasteiger charge is 2.46. The monoisotopic (exact) mass is 1510 g/mol. The molecule has 108 heavy (non-hydrogen) atoms. The van der Waals surface area contributed by atoms with E-state index in [0.29, 0.717) is 23.7 Å². The van der Waals surface area contributed by atoms with Crippen LogP contribution in [0.2, 0.25) is 0 Å². The molecule has 22 N–H and O–H groups in total. The number of rotatable bonds is 23. The predicted molar refractivity (Wildman–Crippen MR) is 363 cm³/mol. The van der Waals surface area contributed by atoms with Gasteiger partial charge in [0.05, 0.1) is 44.9 Å². The number of H-pyrrole nitrogens is 2. The number of carbonyl (C=O) groups is 17. The summed E-state index contributed by atoms with van der Waals surface area (Å²) in [5, 5.41) is 95.8. The standard InChI is InChI=1S/C67H79FN14O26/c1-4-7-44-55(108-44)66(105)78-43(26-83)61(100)81-51-28(3)107-67(106)42(18-30-23-70-36-9-6-5-8-34(30)36)77-62(101)50(27(2)16-46(86)87)80-65(104)53(54(94)56(69)95)79-45(85)25-72-57(96)39(20-47(88)89)76-64(103)52(29-10-13-33(84)14-11-29)82-60(99)41(22-49(92)93)74-59(98)40(21-48(90)91)73-58(97)38(75-63(51)102)17-31-24-71-37-15-12-32(68)19-35(31)37/h5-6,8-15,19,23-24,27-28,38-44,50-55,70-71,83-84,94H,4,7,16-18,20-22,25-26H2,1-3H3,(H2,69,95)(H,72,96)(H,73,97)(H,74,98)(H,75,102)(H,76,103)(H,77,101)(H,78,105)(H,79,85)(H,80,104)(H,81,100)(H,82,99)(H,86,87)(H,88,89)(H,90,91)(H,92,93)/t27-,28-,38-,39+,40+,41+,42+,43+,44-,50+,51+,52-,53+,54+,55+/m1/s1. The molecule has 580 valence electrons. The Kier molecular flexibility index (Phi) is 28.6. The van der Waals surface area contributed by atoms with Gasteiger partial charge in [0.2, 0.25) is 65.0 Å². The zero-order valence-corrected chi connectivity index (χ0v) is 57.6. The fourth-order valence-electron chi connectivity index (χ4n) is 11.5. The summed E-state index contributed by atoms with van der Waals surface area (Å²) in [5.41, 5.74) is 5.94. The van der Waals surface area contributed by atoms with E-state index in [0.717, 1.165) is 50.2 Å². The number of amides is 12. The van der Waals surface area contributed by atoms with Crippen molar-refractivity contribution in [3.05, 3.63) is 102 Å². The highest BCUT2D eigenvalue weighted by molar-refractivity contribution is 6.02. The Morgan fingerprint density at radius 1 is 0.620 bits per heavy atom. The molecule has 0 unspecified atom stereocenters. The van der Waals surface area contributed by atoms with Gasteiger partial charge in [0.15, 0.2) is 12.2 Å². The summed E-state index contributed by atoms with van der Waals surface area (Å²) < 4.78 is 26.3. The number of hydrogen-bond acceptors (Lipinski definition) is 22. The van der Waals surface area contributed by atoms with Crippen LogP contribution < -0.4 is 64.2 Å². The van der Waals surface area contributed by atoms with Gasteiger partial charge in [-0.3, -0.25) is 76.7 Å². The van der Waals surface area contributed by atoms with Gasteiger partial charge in [-0.2, -0.15) is 0 Å². The van der Waals surface area contributed by atoms with Gasteiger partial charge < -0.3 is 119 Å². The molecule has 3 aromatic carbocycles. The zero-order valence-electron chi connectivity index (χ0n) is 57.6. The molecular weight excluding hydrogens is 1440 g/mol. The van der Waals surface area contributed by atoms with Crippen molar-refractivity contribution in [3.8, 4) is 5.75 Å². The molecule has 2 aromatic heterocycles. The van der Waals surface area contributed by atoms with Gasteiger partial charge in [0, 0.05) is 47.0 Å². The Hall–Kier alpha value is -12.7. The van der Waals surface area contributed by atoms with Gasteiger partial charge in [0.1, 0.15) is 78.1 Å². The number of hydrogen-bond donors (Lipinski definition) is 21. The van der Waals surface area contributed by atoms with E-state index < -0.39 is 255 Å². The maximum absolute atomic E-state index is 15.3. The lowest BCUT2D eigenvalue weighted by Gasteiger charge is -2.31. The molecule has 7 rings (SSSR count).